The quantitative estimate of drug-likeness (QED) is 0.721. The Hall–Kier alpha value is -2.86. The van der Waals surface area contributed by atoms with E-state index in [0.29, 0.717) is 12.2 Å². The van der Waals surface area contributed by atoms with Crippen molar-refractivity contribution in [1.29, 1.82) is 0 Å². The summed E-state index contributed by atoms with van der Waals surface area (Å²) in [6, 6.07) is 17.5. The maximum atomic E-state index is 12.2. The molecule has 1 aliphatic rings. The number of benzene rings is 2. The average molecular weight is 396 g/mol. The first-order valence-electron chi connectivity index (χ1n) is 10.2. The number of amides is 2. The van der Waals surface area contributed by atoms with Gasteiger partial charge in [-0.1, -0.05) is 30.3 Å². The minimum atomic E-state index is -0.263. The monoisotopic (exact) mass is 395 g/mol. The van der Waals surface area contributed by atoms with Crippen molar-refractivity contribution in [3.63, 3.8) is 0 Å². The van der Waals surface area contributed by atoms with Crippen LogP contribution in [-0.2, 0) is 11.3 Å². The zero-order valence-corrected chi connectivity index (χ0v) is 16.9. The van der Waals surface area contributed by atoms with Gasteiger partial charge in [0.05, 0.1) is 13.2 Å². The third-order valence-corrected chi connectivity index (χ3v) is 5.04. The van der Waals surface area contributed by atoms with E-state index in [1.54, 1.807) is 24.3 Å². The van der Waals surface area contributed by atoms with Gasteiger partial charge in [0.15, 0.2) is 0 Å². The van der Waals surface area contributed by atoms with Crippen LogP contribution in [0.1, 0.15) is 35.7 Å². The van der Waals surface area contributed by atoms with E-state index in [1.165, 1.54) is 5.56 Å². The molecule has 0 saturated carbocycles. The molecule has 0 aromatic heterocycles. The Morgan fingerprint density at radius 2 is 1.72 bits per heavy atom. The molecule has 29 heavy (non-hydrogen) atoms. The lowest BCUT2D eigenvalue weighted by Gasteiger charge is -2.32. The summed E-state index contributed by atoms with van der Waals surface area (Å²) in [5.74, 6) is 0.312. The van der Waals surface area contributed by atoms with E-state index in [0.717, 1.165) is 38.2 Å². The predicted molar refractivity (Wildman–Crippen MR) is 113 cm³/mol. The molecule has 2 aromatic rings. The van der Waals surface area contributed by atoms with E-state index in [-0.39, 0.29) is 24.4 Å². The minimum absolute atomic E-state index is 0.0176. The van der Waals surface area contributed by atoms with E-state index in [9.17, 15) is 9.59 Å². The maximum absolute atomic E-state index is 12.2. The molecule has 1 fully saturated rings. The van der Waals surface area contributed by atoms with Crippen LogP contribution in [0.25, 0.3) is 0 Å². The van der Waals surface area contributed by atoms with Gasteiger partial charge in [-0.25, -0.2) is 0 Å². The van der Waals surface area contributed by atoms with Crippen LogP contribution in [0.3, 0.4) is 0 Å². The summed E-state index contributed by atoms with van der Waals surface area (Å²) < 4.78 is 5.36. The second kappa shape index (κ2) is 10.6. The van der Waals surface area contributed by atoms with Crippen molar-refractivity contribution < 1.29 is 14.3 Å². The van der Waals surface area contributed by atoms with Crippen LogP contribution in [0.2, 0.25) is 0 Å². The number of piperidine rings is 1. The summed E-state index contributed by atoms with van der Waals surface area (Å²) in [6.45, 7) is 5.33. The molecule has 1 heterocycles. The van der Waals surface area contributed by atoms with Crippen molar-refractivity contribution in [3.05, 3.63) is 65.7 Å². The second-order valence-corrected chi connectivity index (χ2v) is 7.24. The molecule has 154 valence electrons. The normalized spacial score (nSPS) is 14.9. The lowest BCUT2D eigenvalue weighted by molar-refractivity contribution is -0.121. The Balaban J connectivity index is 1.36. The van der Waals surface area contributed by atoms with Crippen molar-refractivity contribution in [2.24, 2.45) is 0 Å². The fourth-order valence-corrected chi connectivity index (χ4v) is 3.49. The van der Waals surface area contributed by atoms with Crippen LogP contribution < -0.4 is 15.4 Å². The average Bonchev–Trinajstić information content (AvgIpc) is 2.75. The molecule has 3 rings (SSSR count). The molecule has 2 N–H and O–H groups in total. The molecule has 6 nitrogen and oxygen atoms in total. The molecule has 2 aromatic carbocycles. The summed E-state index contributed by atoms with van der Waals surface area (Å²) in [6.07, 6.45) is 1.84. The molecule has 0 unspecified atom stereocenters. The number of carbonyl (C=O) groups excluding carboxylic acids is 2. The lowest BCUT2D eigenvalue weighted by atomic mass is 10.0. The van der Waals surface area contributed by atoms with Crippen LogP contribution in [0.15, 0.2) is 54.6 Å². The van der Waals surface area contributed by atoms with Crippen LogP contribution in [0, 0.1) is 0 Å². The molecule has 0 aliphatic carbocycles. The topological polar surface area (TPSA) is 70.7 Å². The molecule has 0 spiro atoms. The van der Waals surface area contributed by atoms with Gasteiger partial charge in [0.25, 0.3) is 5.91 Å². The number of rotatable bonds is 8. The van der Waals surface area contributed by atoms with Gasteiger partial charge in [-0.15, -0.1) is 0 Å². The minimum Gasteiger partial charge on any atom is -0.494 e. The Morgan fingerprint density at radius 1 is 1.03 bits per heavy atom. The smallest absolute Gasteiger partial charge is 0.251 e. The number of nitrogens with zero attached hydrogens (tertiary/aromatic N) is 1. The predicted octanol–water partition coefficient (Wildman–Crippen LogP) is 2.60. The van der Waals surface area contributed by atoms with Crippen molar-refractivity contribution in [2.45, 2.75) is 32.4 Å². The van der Waals surface area contributed by atoms with Gasteiger partial charge in [0.1, 0.15) is 5.75 Å². The lowest BCUT2D eigenvalue weighted by Crippen LogP contribution is -2.47. The molecule has 1 saturated heterocycles. The molecular weight excluding hydrogens is 366 g/mol. The Bertz CT molecular complexity index is 785. The number of ether oxygens (including phenoxy) is 1. The Labute approximate surface area is 172 Å². The van der Waals surface area contributed by atoms with Gasteiger partial charge in [0.2, 0.25) is 5.91 Å². The van der Waals surface area contributed by atoms with E-state index in [4.69, 9.17) is 4.74 Å². The molecule has 0 atom stereocenters. The van der Waals surface area contributed by atoms with Crippen molar-refractivity contribution in [3.8, 4) is 5.75 Å². The molecular formula is C23H29N3O3. The standard InChI is InChI=1S/C23H29N3O3/c1-2-29-21-10-8-19(9-11-21)23(28)24-16-22(27)25-20-12-14-26(15-13-20)17-18-6-4-3-5-7-18/h3-11,20H,2,12-17H2,1H3,(H,24,28)(H,25,27). The van der Waals surface area contributed by atoms with Crippen LogP contribution in [0.5, 0.6) is 5.75 Å². The van der Waals surface area contributed by atoms with Crippen LogP contribution in [-0.4, -0.2) is 49.0 Å². The highest BCUT2D eigenvalue weighted by Crippen LogP contribution is 2.14. The molecule has 6 heteroatoms. The molecule has 0 bridgehead atoms. The number of likely N-dealkylation sites (tertiary alicyclic amines) is 1. The van der Waals surface area contributed by atoms with Gasteiger partial charge in [-0.2, -0.15) is 0 Å². The van der Waals surface area contributed by atoms with Gasteiger partial charge in [0, 0.05) is 31.2 Å². The van der Waals surface area contributed by atoms with Crippen LogP contribution >= 0.6 is 0 Å². The number of hydrogen-bond donors (Lipinski definition) is 2. The summed E-state index contributed by atoms with van der Waals surface area (Å²) in [7, 11) is 0. The Kier molecular flexibility index (Phi) is 7.64. The van der Waals surface area contributed by atoms with Gasteiger partial charge < -0.3 is 15.4 Å². The molecule has 1 aliphatic heterocycles. The summed E-state index contributed by atoms with van der Waals surface area (Å²) >= 11 is 0. The van der Waals surface area contributed by atoms with Crippen molar-refractivity contribution >= 4 is 11.8 Å². The van der Waals surface area contributed by atoms with E-state index in [1.807, 2.05) is 13.0 Å². The third-order valence-electron chi connectivity index (χ3n) is 5.04. The van der Waals surface area contributed by atoms with Crippen molar-refractivity contribution in [1.82, 2.24) is 15.5 Å². The summed E-state index contributed by atoms with van der Waals surface area (Å²) in [5.41, 5.74) is 1.82. The first-order chi connectivity index (χ1) is 14.1. The SMILES string of the molecule is CCOc1ccc(C(=O)NCC(=O)NC2CCN(Cc3ccccc3)CC2)cc1. The highest BCUT2D eigenvalue weighted by molar-refractivity contribution is 5.96. The summed E-state index contributed by atoms with van der Waals surface area (Å²) in [4.78, 5) is 26.8. The highest BCUT2D eigenvalue weighted by atomic mass is 16.5. The van der Waals surface area contributed by atoms with Crippen molar-refractivity contribution in [2.75, 3.05) is 26.2 Å². The van der Waals surface area contributed by atoms with Gasteiger partial charge in [-0.05, 0) is 49.6 Å². The fraction of sp³-hybridized carbons (Fsp3) is 0.391. The molecule has 0 radical (unpaired) electrons. The highest BCUT2D eigenvalue weighted by Gasteiger charge is 2.21. The third kappa shape index (κ3) is 6.61. The zero-order valence-electron chi connectivity index (χ0n) is 16.9. The van der Waals surface area contributed by atoms with Crippen LogP contribution in [0.4, 0.5) is 0 Å². The van der Waals surface area contributed by atoms with E-state index >= 15 is 0 Å². The Morgan fingerprint density at radius 3 is 2.38 bits per heavy atom. The number of carbonyl (C=O) groups is 2. The maximum Gasteiger partial charge on any atom is 0.251 e. The molecule has 2 amide bonds. The van der Waals surface area contributed by atoms with E-state index in [2.05, 4.69) is 39.8 Å². The van der Waals surface area contributed by atoms with Gasteiger partial charge in [-0.3, -0.25) is 14.5 Å². The first-order valence-corrected chi connectivity index (χ1v) is 10.2. The van der Waals surface area contributed by atoms with E-state index < -0.39 is 0 Å². The first kappa shape index (κ1) is 20.9. The largest absolute Gasteiger partial charge is 0.494 e. The summed E-state index contributed by atoms with van der Waals surface area (Å²) in [5, 5.41) is 5.71. The second-order valence-electron chi connectivity index (χ2n) is 7.24. The zero-order chi connectivity index (χ0) is 20.5. The number of nitrogens with one attached hydrogen (secondary N) is 2. The number of hydrogen-bond acceptors (Lipinski definition) is 4. The van der Waals surface area contributed by atoms with Gasteiger partial charge >= 0.3 is 0 Å². The fourth-order valence-electron chi connectivity index (χ4n) is 3.49.